The Bertz CT molecular complexity index is 1300. The van der Waals surface area contributed by atoms with E-state index in [0.29, 0.717) is 17.3 Å². The minimum Gasteiger partial charge on any atom is -0.0986 e. The summed E-state index contributed by atoms with van der Waals surface area (Å²) in [5.74, 6) is 2.50. The van der Waals surface area contributed by atoms with Gasteiger partial charge in [0.25, 0.3) is 0 Å². The summed E-state index contributed by atoms with van der Waals surface area (Å²) in [6, 6.07) is 11.8. The molecule has 0 radical (unpaired) electrons. The maximum Gasteiger partial charge on any atom is 0.00827 e. The average molecular weight is 505 g/mol. The van der Waals surface area contributed by atoms with Crippen molar-refractivity contribution in [2.24, 2.45) is 29.1 Å². The molecule has 1 saturated carbocycles. The second kappa shape index (κ2) is 10.5. The van der Waals surface area contributed by atoms with Crippen LogP contribution < -0.4 is 0 Å². The SMILES string of the molecule is C=C1C=CC(CC(C)(C)C)C(=C)C1CC1=Cc2cccc(-c3cc(C)cc(C)c3CC3CC[C@H](C)C3)c2C1. The van der Waals surface area contributed by atoms with E-state index >= 15 is 0 Å². The minimum absolute atomic E-state index is 0.291. The van der Waals surface area contributed by atoms with Crippen LogP contribution in [0.1, 0.15) is 87.6 Å². The van der Waals surface area contributed by atoms with E-state index in [9.17, 15) is 0 Å². The van der Waals surface area contributed by atoms with Gasteiger partial charge in [-0.25, -0.2) is 0 Å². The lowest BCUT2D eigenvalue weighted by Gasteiger charge is -2.33. The van der Waals surface area contributed by atoms with Gasteiger partial charge in [0, 0.05) is 5.92 Å². The highest BCUT2D eigenvalue weighted by Crippen LogP contribution is 2.44. The monoisotopic (exact) mass is 504 g/mol. The Hall–Kier alpha value is -2.60. The molecule has 3 aliphatic rings. The van der Waals surface area contributed by atoms with Crippen LogP contribution in [0, 0.1) is 42.9 Å². The average Bonchev–Trinajstić information content (AvgIpc) is 3.44. The van der Waals surface area contributed by atoms with Crippen molar-refractivity contribution in [3.05, 3.63) is 100 Å². The molecule has 0 aliphatic heterocycles. The number of benzene rings is 2. The topological polar surface area (TPSA) is 0 Å². The first-order valence-electron chi connectivity index (χ1n) is 15.0. The van der Waals surface area contributed by atoms with E-state index in [-0.39, 0.29) is 0 Å². The summed E-state index contributed by atoms with van der Waals surface area (Å²) in [4.78, 5) is 0. The van der Waals surface area contributed by atoms with Crippen LogP contribution in [-0.2, 0) is 12.8 Å². The molecule has 0 bridgehead atoms. The zero-order valence-electron chi connectivity index (χ0n) is 24.8. The number of hydrogen-bond acceptors (Lipinski definition) is 0. The van der Waals surface area contributed by atoms with E-state index in [0.717, 1.165) is 31.1 Å². The van der Waals surface area contributed by atoms with Crippen LogP contribution in [0.4, 0.5) is 0 Å². The molecule has 0 heteroatoms. The standard InChI is InChI=1S/C38H48/c1-24-12-14-29(17-24)20-35-27(4)16-25(2)18-37(35)33-11-9-10-31-19-30(22-36(31)33)21-34-26(3)13-15-32(28(34)5)23-38(6,7)8/h9-11,13,15-16,18-19,24,29,32,34H,3,5,12,14,17,20-23H2,1-2,4,6-8H3/t24-,29?,32?,34?/m0/s1. The summed E-state index contributed by atoms with van der Waals surface area (Å²) in [5.41, 5.74) is 14.7. The smallest absolute Gasteiger partial charge is 0.00827 e. The van der Waals surface area contributed by atoms with E-state index in [4.69, 9.17) is 0 Å². The summed E-state index contributed by atoms with van der Waals surface area (Å²) in [6.45, 7) is 23.1. The molecule has 2 aromatic rings. The van der Waals surface area contributed by atoms with E-state index in [2.05, 4.69) is 103 Å². The van der Waals surface area contributed by atoms with Crippen LogP contribution in [0.15, 0.2) is 72.4 Å². The highest BCUT2D eigenvalue weighted by atomic mass is 14.3. The molecule has 0 N–H and O–H groups in total. The van der Waals surface area contributed by atoms with Crippen LogP contribution in [0.5, 0.6) is 0 Å². The lowest BCUT2D eigenvalue weighted by molar-refractivity contribution is 0.334. The van der Waals surface area contributed by atoms with Crippen molar-refractivity contribution in [2.75, 3.05) is 0 Å². The third-order valence-electron chi connectivity index (χ3n) is 9.39. The summed E-state index contributed by atoms with van der Waals surface area (Å²) in [6.07, 6.45) is 15.7. The van der Waals surface area contributed by atoms with Gasteiger partial charge in [-0.15, -0.1) is 0 Å². The number of aryl methyl sites for hydroxylation is 2. The molecule has 0 amide bonds. The van der Waals surface area contributed by atoms with Crippen LogP contribution in [0.2, 0.25) is 0 Å². The maximum atomic E-state index is 4.61. The Kier molecular flexibility index (Phi) is 7.47. The summed E-state index contributed by atoms with van der Waals surface area (Å²) >= 11 is 0. The Morgan fingerprint density at radius 1 is 0.974 bits per heavy atom. The molecular formula is C38H48. The summed E-state index contributed by atoms with van der Waals surface area (Å²) in [5, 5.41) is 0. The minimum atomic E-state index is 0.291. The van der Waals surface area contributed by atoms with Crippen LogP contribution >= 0.6 is 0 Å². The van der Waals surface area contributed by atoms with Gasteiger partial charge in [-0.2, -0.15) is 0 Å². The van der Waals surface area contributed by atoms with Crippen LogP contribution in [0.3, 0.4) is 0 Å². The van der Waals surface area contributed by atoms with Crippen molar-refractivity contribution >= 4 is 6.08 Å². The van der Waals surface area contributed by atoms with Gasteiger partial charge in [0.15, 0.2) is 0 Å². The number of hydrogen-bond donors (Lipinski definition) is 0. The zero-order valence-corrected chi connectivity index (χ0v) is 24.8. The van der Waals surface area contributed by atoms with E-state index in [1.807, 2.05) is 0 Å². The fourth-order valence-electron chi connectivity index (χ4n) is 7.49. The van der Waals surface area contributed by atoms with Gasteiger partial charge < -0.3 is 0 Å². The van der Waals surface area contributed by atoms with Gasteiger partial charge in [0.1, 0.15) is 0 Å². The molecule has 0 saturated heterocycles. The van der Waals surface area contributed by atoms with Gasteiger partial charge >= 0.3 is 0 Å². The van der Waals surface area contributed by atoms with Gasteiger partial charge in [-0.3, -0.25) is 0 Å². The largest absolute Gasteiger partial charge is 0.0986 e. The Morgan fingerprint density at radius 2 is 1.76 bits per heavy atom. The van der Waals surface area contributed by atoms with Gasteiger partial charge in [-0.1, -0.05) is 113 Å². The van der Waals surface area contributed by atoms with Crippen molar-refractivity contribution < 1.29 is 0 Å². The molecule has 0 spiro atoms. The first-order valence-corrected chi connectivity index (χ1v) is 15.0. The third kappa shape index (κ3) is 5.70. The molecule has 4 atom stereocenters. The Morgan fingerprint density at radius 3 is 2.47 bits per heavy atom. The molecule has 5 rings (SSSR count). The second-order valence-corrected chi connectivity index (χ2v) is 14.1. The normalized spacial score (nSPS) is 25.2. The molecule has 38 heavy (non-hydrogen) atoms. The van der Waals surface area contributed by atoms with Gasteiger partial charge in [0.2, 0.25) is 0 Å². The lowest BCUT2D eigenvalue weighted by atomic mass is 9.71. The van der Waals surface area contributed by atoms with Crippen molar-refractivity contribution in [3.8, 4) is 11.1 Å². The van der Waals surface area contributed by atoms with E-state index in [1.165, 1.54) is 75.8 Å². The highest BCUT2D eigenvalue weighted by Gasteiger charge is 2.30. The molecule has 3 aliphatic carbocycles. The highest BCUT2D eigenvalue weighted by molar-refractivity contribution is 5.80. The van der Waals surface area contributed by atoms with Crippen molar-refractivity contribution in [2.45, 2.75) is 86.5 Å². The molecule has 0 heterocycles. The summed E-state index contributed by atoms with van der Waals surface area (Å²) in [7, 11) is 0. The number of rotatable bonds is 6. The molecule has 0 aromatic heterocycles. The molecule has 3 unspecified atom stereocenters. The lowest BCUT2D eigenvalue weighted by Crippen LogP contribution is -2.21. The van der Waals surface area contributed by atoms with Crippen LogP contribution in [0.25, 0.3) is 17.2 Å². The Labute approximate surface area is 232 Å². The first kappa shape index (κ1) is 27.0. The van der Waals surface area contributed by atoms with Gasteiger partial charge in [-0.05, 0) is 114 Å². The van der Waals surface area contributed by atoms with Gasteiger partial charge in [0.05, 0.1) is 0 Å². The molecular weight excluding hydrogens is 456 g/mol. The number of allylic oxidation sites excluding steroid dienone is 5. The quantitative estimate of drug-likeness (QED) is 0.343. The molecule has 200 valence electrons. The van der Waals surface area contributed by atoms with Crippen molar-refractivity contribution in [1.82, 2.24) is 0 Å². The zero-order chi connectivity index (χ0) is 27.2. The molecule has 0 nitrogen and oxygen atoms in total. The van der Waals surface area contributed by atoms with E-state index < -0.39 is 0 Å². The molecule has 2 aromatic carbocycles. The van der Waals surface area contributed by atoms with Crippen LogP contribution in [-0.4, -0.2) is 0 Å². The Balaban J connectivity index is 1.41. The fraction of sp³-hybridized carbons (Fsp3) is 0.474. The predicted octanol–water partition coefficient (Wildman–Crippen LogP) is 10.6. The van der Waals surface area contributed by atoms with Crippen molar-refractivity contribution in [1.29, 1.82) is 0 Å². The molecule has 1 fully saturated rings. The predicted molar refractivity (Wildman–Crippen MR) is 166 cm³/mol. The number of fused-ring (bicyclic) bond motifs is 1. The van der Waals surface area contributed by atoms with E-state index in [1.54, 1.807) is 5.56 Å². The second-order valence-electron chi connectivity index (χ2n) is 14.1. The van der Waals surface area contributed by atoms with Crippen molar-refractivity contribution in [3.63, 3.8) is 0 Å². The third-order valence-corrected chi connectivity index (χ3v) is 9.39. The first-order chi connectivity index (χ1) is 18.0. The maximum absolute atomic E-state index is 4.61. The fourth-order valence-corrected chi connectivity index (χ4v) is 7.49. The summed E-state index contributed by atoms with van der Waals surface area (Å²) < 4.78 is 0.